The molecule has 1 aromatic rings. The van der Waals surface area contributed by atoms with Gasteiger partial charge in [0.05, 0.1) is 18.1 Å². The molecule has 0 saturated heterocycles. The van der Waals surface area contributed by atoms with Crippen LogP contribution in [0.4, 0.5) is 0 Å². The summed E-state index contributed by atoms with van der Waals surface area (Å²) in [4.78, 5) is 11.6. The van der Waals surface area contributed by atoms with E-state index in [4.69, 9.17) is 0 Å². The van der Waals surface area contributed by atoms with E-state index in [1.807, 2.05) is 19.1 Å². The van der Waals surface area contributed by atoms with Crippen molar-refractivity contribution in [2.45, 2.75) is 6.92 Å². The van der Waals surface area contributed by atoms with Crippen molar-refractivity contribution >= 4 is 21.4 Å². The molecule has 0 fully saturated rings. The molecule has 18 heavy (non-hydrogen) atoms. The Kier molecular flexibility index (Phi) is 3.09. The first-order chi connectivity index (χ1) is 8.44. The number of hydrogen-bond acceptors (Lipinski definition) is 4. The Hall–Kier alpha value is -1.88. The molecule has 0 saturated carbocycles. The van der Waals surface area contributed by atoms with Gasteiger partial charge in [0.1, 0.15) is 0 Å². The Morgan fingerprint density at radius 1 is 1.17 bits per heavy atom. The molecule has 0 amide bonds. The van der Waals surface area contributed by atoms with E-state index >= 15 is 0 Å². The number of benzene rings is 1. The third kappa shape index (κ3) is 2.22. The van der Waals surface area contributed by atoms with Gasteiger partial charge in [-0.25, -0.2) is 13.2 Å². The minimum absolute atomic E-state index is 0.0757. The highest BCUT2D eigenvalue weighted by molar-refractivity contribution is 7.97. The van der Waals surface area contributed by atoms with Crippen LogP contribution in [0.1, 0.15) is 11.1 Å². The van der Waals surface area contributed by atoms with Gasteiger partial charge in [-0.1, -0.05) is 24.3 Å². The van der Waals surface area contributed by atoms with Crippen molar-refractivity contribution in [1.82, 2.24) is 0 Å². The van der Waals surface area contributed by atoms with Gasteiger partial charge in [-0.15, -0.1) is 0 Å². The lowest BCUT2D eigenvalue weighted by Gasteiger charge is -2.08. The summed E-state index contributed by atoms with van der Waals surface area (Å²) in [5.74, 6) is -0.648. The molecule has 94 valence electrons. The zero-order valence-electron chi connectivity index (χ0n) is 10.0. The van der Waals surface area contributed by atoms with Gasteiger partial charge in [-0.2, -0.15) is 0 Å². The monoisotopic (exact) mass is 264 g/mol. The molecule has 1 aromatic carbocycles. The minimum atomic E-state index is -3.49. The summed E-state index contributed by atoms with van der Waals surface area (Å²) in [6, 6.07) is 7.28. The fourth-order valence-electron chi connectivity index (χ4n) is 1.84. The largest absolute Gasteiger partial charge is 0.465 e. The molecule has 1 aliphatic rings. The average molecular weight is 264 g/mol. The van der Waals surface area contributed by atoms with Gasteiger partial charge in [0.2, 0.25) is 0 Å². The Morgan fingerprint density at radius 2 is 1.83 bits per heavy atom. The van der Waals surface area contributed by atoms with Crippen LogP contribution in [0, 0.1) is 6.92 Å². The average Bonchev–Trinajstić information content (AvgIpc) is 2.65. The Balaban J connectivity index is 2.61. The molecule has 0 N–H and O–H groups in total. The lowest BCUT2D eigenvalue weighted by molar-refractivity contribution is -0.135. The first-order valence-corrected chi connectivity index (χ1v) is 6.89. The van der Waals surface area contributed by atoms with Crippen molar-refractivity contribution in [2.75, 3.05) is 7.11 Å². The third-order valence-electron chi connectivity index (χ3n) is 2.69. The van der Waals surface area contributed by atoms with E-state index < -0.39 is 15.8 Å². The molecular formula is C13H12O4S. The molecule has 2 rings (SSSR count). The van der Waals surface area contributed by atoms with Gasteiger partial charge >= 0.3 is 5.97 Å². The fourth-order valence-corrected chi connectivity index (χ4v) is 3.04. The van der Waals surface area contributed by atoms with Crippen molar-refractivity contribution in [3.8, 4) is 0 Å². The summed E-state index contributed by atoms with van der Waals surface area (Å²) in [7, 11) is -2.26. The summed E-state index contributed by atoms with van der Waals surface area (Å²) in [6.45, 7) is 1.86. The van der Waals surface area contributed by atoms with Gasteiger partial charge in [-0.05, 0) is 18.1 Å². The molecule has 0 radical (unpaired) electrons. The molecule has 0 aromatic heterocycles. The highest BCUT2D eigenvalue weighted by Gasteiger charge is 2.27. The number of ether oxygens (including phenoxy) is 1. The standard InChI is InChI=1S/C13H12O4S/c1-9-5-3-4-6-10(9)11-7-18(15,16)8-12(11)13(14)17-2/h3-8H,1-2H3. The molecule has 0 bridgehead atoms. The van der Waals surface area contributed by atoms with Crippen molar-refractivity contribution in [3.05, 3.63) is 51.8 Å². The number of aryl methyl sites for hydroxylation is 1. The Morgan fingerprint density at radius 3 is 2.44 bits per heavy atom. The molecule has 5 heteroatoms. The van der Waals surface area contributed by atoms with Crippen molar-refractivity contribution < 1.29 is 17.9 Å². The van der Waals surface area contributed by atoms with E-state index in [1.54, 1.807) is 12.1 Å². The van der Waals surface area contributed by atoms with Gasteiger partial charge in [0, 0.05) is 11.0 Å². The van der Waals surface area contributed by atoms with Gasteiger partial charge in [0.15, 0.2) is 9.84 Å². The van der Waals surface area contributed by atoms with Crippen LogP contribution in [0.5, 0.6) is 0 Å². The maximum absolute atomic E-state index is 11.6. The maximum Gasteiger partial charge on any atom is 0.339 e. The highest BCUT2D eigenvalue weighted by Crippen LogP contribution is 2.33. The van der Waals surface area contributed by atoms with Gasteiger partial charge < -0.3 is 4.74 Å². The van der Waals surface area contributed by atoms with Crippen LogP contribution >= 0.6 is 0 Å². The number of sulfone groups is 1. The van der Waals surface area contributed by atoms with Gasteiger partial charge in [0.25, 0.3) is 0 Å². The summed E-state index contributed by atoms with van der Waals surface area (Å²) in [5, 5.41) is 2.04. The summed E-state index contributed by atoms with van der Waals surface area (Å²) in [6.07, 6.45) is 0. The number of carbonyl (C=O) groups excluding carboxylic acids is 1. The van der Waals surface area contributed by atoms with Crippen LogP contribution in [0.2, 0.25) is 0 Å². The lowest BCUT2D eigenvalue weighted by Crippen LogP contribution is -2.05. The second kappa shape index (κ2) is 4.42. The number of esters is 1. The molecule has 0 unspecified atom stereocenters. The van der Waals surface area contributed by atoms with E-state index in [2.05, 4.69) is 4.74 Å². The van der Waals surface area contributed by atoms with E-state index in [1.165, 1.54) is 7.11 Å². The first-order valence-electron chi connectivity index (χ1n) is 5.28. The molecular weight excluding hydrogens is 252 g/mol. The predicted octanol–water partition coefficient (Wildman–Crippen LogP) is 1.82. The molecule has 1 heterocycles. The minimum Gasteiger partial charge on any atom is -0.465 e. The summed E-state index contributed by atoms with van der Waals surface area (Å²) in [5.41, 5.74) is 2.08. The van der Waals surface area contributed by atoms with Crippen molar-refractivity contribution in [1.29, 1.82) is 0 Å². The number of carbonyl (C=O) groups is 1. The van der Waals surface area contributed by atoms with Crippen molar-refractivity contribution in [2.24, 2.45) is 0 Å². The van der Waals surface area contributed by atoms with Crippen LogP contribution in [0.25, 0.3) is 5.57 Å². The Labute approximate surface area is 106 Å². The van der Waals surface area contributed by atoms with Crippen LogP contribution in [0.3, 0.4) is 0 Å². The predicted molar refractivity (Wildman–Crippen MR) is 68.2 cm³/mol. The quantitative estimate of drug-likeness (QED) is 0.764. The van der Waals surface area contributed by atoms with E-state index in [0.29, 0.717) is 5.57 Å². The molecule has 4 nitrogen and oxygen atoms in total. The smallest absolute Gasteiger partial charge is 0.339 e. The van der Waals surface area contributed by atoms with Gasteiger partial charge in [-0.3, -0.25) is 0 Å². The van der Waals surface area contributed by atoms with E-state index in [9.17, 15) is 13.2 Å². The molecule has 0 atom stereocenters. The maximum atomic E-state index is 11.6. The Bertz CT molecular complexity index is 666. The second-order valence-electron chi connectivity index (χ2n) is 3.96. The van der Waals surface area contributed by atoms with Crippen LogP contribution in [-0.2, 0) is 19.4 Å². The van der Waals surface area contributed by atoms with Crippen LogP contribution in [-0.4, -0.2) is 21.5 Å². The lowest BCUT2D eigenvalue weighted by atomic mass is 9.97. The second-order valence-corrected chi connectivity index (χ2v) is 5.61. The summed E-state index contributed by atoms with van der Waals surface area (Å²) < 4.78 is 27.8. The van der Waals surface area contributed by atoms with Crippen LogP contribution < -0.4 is 0 Å². The first kappa shape index (κ1) is 12.6. The third-order valence-corrected chi connectivity index (χ3v) is 3.82. The van der Waals surface area contributed by atoms with E-state index in [0.717, 1.165) is 21.9 Å². The fraction of sp³-hybridized carbons (Fsp3) is 0.154. The number of hydrogen-bond donors (Lipinski definition) is 0. The topological polar surface area (TPSA) is 60.4 Å². The van der Waals surface area contributed by atoms with E-state index in [-0.39, 0.29) is 5.57 Å². The number of methoxy groups -OCH3 is 1. The van der Waals surface area contributed by atoms with Crippen LogP contribution in [0.15, 0.2) is 40.7 Å². The molecule has 0 spiro atoms. The molecule has 1 aliphatic heterocycles. The zero-order chi connectivity index (χ0) is 13.3. The normalized spacial score (nSPS) is 17.0. The van der Waals surface area contributed by atoms with Crippen molar-refractivity contribution in [3.63, 3.8) is 0 Å². The number of rotatable bonds is 2. The zero-order valence-corrected chi connectivity index (χ0v) is 10.8. The SMILES string of the molecule is COC(=O)C1=CS(=O)(=O)C=C1c1ccccc1C. The highest BCUT2D eigenvalue weighted by atomic mass is 32.2. The summed E-state index contributed by atoms with van der Waals surface area (Å²) >= 11 is 0. The molecule has 0 aliphatic carbocycles.